The lowest BCUT2D eigenvalue weighted by atomic mass is 9.92. The van der Waals surface area contributed by atoms with Crippen LogP contribution in [-0.2, 0) is 11.3 Å². The molecular formula is C12H20N4O2. The van der Waals surface area contributed by atoms with E-state index in [0.717, 1.165) is 12.8 Å². The molecule has 6 nitrogen and oxygen atoms in total. The second kappa shape index (κ2) is 4.97. The van der Waals surface area contributed by atoms with Gasteiger partial charge in [-0.15, -0.1) is 0 Å². The van der Waals surface area contributed by atoms with Gasteiger partial charge in [0.25, 0.3) is 5.91 Å². The number of amides is 1. The Hall–Kier alpha value is -1.56. The monoisotopic (exact) mass is 252 g/mol. The van der Waals surface area contributed by atoms with Crippen molar-refractivity contribution in [1.82, 2.24) is 15.1 Å². The molecule has 0 saturated carbocycles. The summed E-state index contributed by atoms with van der Waals surface area (Å²) in [5.74, 6) is -0.156. The maximum absolute atomic E-state index is 12.3. The van der Waals surface area contributed by atoms with Gasteiger partial charge in [-0.2, -0.15) is 5.10 Å². The third-order valence-electron chi connectivity index (χ3n) is 3.39. The molecule has 18 heavy (non-hydrogen) atoms. The molecule has 2 rings (SSSR count). The standard InChI is InChI=1S/C12H20N4O2/c1-3-16-10(9(13)8-14-16)11(17)15-12(2)4-6-18-7-5-12/h8H,3-7,13H2,1-2H3,(H,15,17). The molecule has 1 saturated heterocycles. The predicted octanol–water partition coefficient (Wildman–Crippen LogP) is 0.784. The Balaban J connectivity index is 2.13. The number of aryl methyl sites for hydroxylation is 1. The van der Waals surface area contributed by atoms with Crippen molar-refractivity contribution in [3.8, 4) is 0 Å². The number of carbonyl (C=O) groups excluding carboxylic acids is 1. The lowest BCUT2D eigenvalue weighted by Gasteiger charge is -2.34. The Kier molecular flexibility index (Phi) is 3.56. The fourth-order valence-electron chi connectivity index (χ4n) is 2.17. The number of ether oxygens (including phenoxy) is 1. The summed E-state index contributed by atoms with van der Waals surface area (Å²) in [6, 6.07) is 0. The van der Waals surface area contributed by atoms with E-state index in [1.54, 1.807) is 4.68 Å². The summed E-state index contributed by atoms with van der Waals surface area (Å²) in [5, 5.41) is 7.13. The van der Waals surface area contributed by atoms with Crippen LogP contribution in [0, 0.1) is 0 Å². The summed E-state index contributed by atoms with van der Waals surface area (Å²) in [7, 11) is 0. The fraction of sp³-hybridized carbons (Fsp3) is 0.667. The van der Waals surface area contributed by atoms with Gasteiger partial charge in [0.15, 0.2) is 0 Å². The quantitative estimate of drug-likeness (QED) is 0.833. The molecule has 0 aliphatic carbocycles. The molecule has 3 N–H and O–H groups in total. The molecule has 1 aromatic heterocycles. The highest BCUT2D eigenvalue weighted by Gasteiger charge is 2.30. The van der Waals surface area contributed by atoms with Crippen LogP contribution in [-0.4, -0.2) is 34.4 Å². The van der Waals surface area contributed by atoms with Gasteiger partial charge >= 0.3 is 0 Å². The van der Waals surface area contributed by atoms with Crippen molar-refractivity contribution in [2.75, 3.05) is 18.9 Å². The summed E-state index contributed by atoms with van der Waals surface area (Å²) in [5.41, 5.74) is 6.45. The molecule has 6 heteroatoms. The first-order valence-electron chi connectivity index (χ1n) is 6.27. The van der Waals surface area contributed by atoms with Crippen molar-refractivity contribution >= 4 is 11.6 Å². The van der Waals surface area contributed by atoms with Crippen molar-refractivity contribution in [3.05, 3.63) is 11.9 Å². The van der Waals surface area contributed by atoms with Crippen LogP contribution in [0.1, 0.15) is 37.2 Å². The zero-order valence-electron chi connectivity index (χ0n) is 10.9. The molecule has 0 unspecified atom stereocenters. The highest BCUT2D eigenvalue weighted by molar-refractivity contribution is 5.97. The van der Waals surface area contributed by atoms with Crippen LogP contribution in [0.5, 0.6) is 0 Å². The Labute approximate surface area is 106 Å². The molecule has 0 spiro atoms. The lowest BCUT2D eigenvalue weighted by molar-refractivity contribution is 0.0420. The molecule has 0 atom stereocenters. The first-order valence-corrected chi connectivity index (χ1v) is 6.27. The van der Waals surface area contributed by atoms with Gasteiger partial charge in [-0.3, -0.25) is 9.48 Å². The van der Waals surface area contributed by atoms with Gasteiger partial charge in [-0.1, -0.05) is 0 Å². The zero-order valence-corrected chi connectivity index (χ0v) is 10.9. The number of anilines is 1. The first kappa shape index (κ1) is 12.9. The van der Waals surface area contributed by atoms with Crippen molar-refractivity contribution in [2.24, 2.45) is 0 Å². The van der Waals surface area contributed by atoms with Crippen LogP contribution in [0.4, 0.5) is 5.69 Å². The first-order chi connectivity index (χ1) is 8.56. The van der Waals surface area contributed by atoms with Gasteiger partial charge in [0, 0.05) is 25.3 Å². The number of nitrogens with zero attached hydrogens (tertiary/aromatic N) is 2. The Morgan fingerprint density at radius 1 is 1.61 bits per heavy atom. The van der Waals surface area contributed by atoms with Gasteiger partial charge in [0.05, 0.1) is 11.9 Å². The van der Waals surface area contributed by atoms with Crippen LogP contribution in [0.2, 0.25) is 0 Å². The Bertz CT molecular complexity index is 435. The molecule has 1 aromatic rings. The zero-order chi connectivity index (χ0) is 13.2. The van der Waals surface area contributed by atoms with E-state index in [9.17, 15) is 4.79 Å². The van der Waals surface area contributed by atoms with E-state index in [1.165, 1.54) is 6.20 Å². The summed E-state index contributed by atoms with van der Waals surface area (Å²) in [6.07, 6.45) is 3.16. The summed E-state index contributed by atoms with van der Waals surface area (Å²) in [4.78, 5) is 12.3. The summed E-state index contributed by atoms with van der Waals surface area (Å²) < 4.78 is 6.93. The third-order valence-corrected chi connectivity index (χ3v) is 3.39. The van der Waals surface area contributed by atoms with Gasteiger partial charge < -0.3 is 15.8 Å². The fourth-order valence-corrected chi connectivity index (χ4v) is 2.17. The van der Waals surface area contributed by atoms with Crippen molar-refractivity contribution < 1.29 is 9.53 Å². The number of hydrogen-bond acceptors (Lipinski definition) is 4. The second-order valence-electron chi connectivity index (χ2n) is 4.89. The van der Waals surface area contributed by atoms with Gasteiger partial charge in [-0.25, -0.2) is 0 Å². The average Bonchev–Trinajstić information content (AvgIpc) is 2.70. The van der Waals surface area contributed by atoms with Crippen LogP contribution < -0.4 is 11.1 Å². The SMILES string of the molecule is CCn1ncc(N)c1C(=O)NC1(C)CCOCC1. The number of hydrogen-bond donors (Lipinski definition) is 2. The van der Waals surface area contributed by atoms with Gasteiger partial charge in [-0.05, 0) is 26.7 Å². The number of nitrogen functional groups attached to an aromatic ring is 1. The highest BCUT2D eigenvalue weighted by Crippen LogP contribution is 2.21. The third kappa shape index (κ3) is 2.48. The van der Waals surface area contributed by atoms with E-state index in [2.05, 4.69) is 10.4 Å². The second-order valence-corrected chi connectivity index (χ2v) is 4.89. The highest BCUT2D eigenvalue weighted by atomic mass is 16.5. The van der Waals surface area contributed by atoms with Crippen LogP contribution >= 0.6 is 0 Å². The van der Waals surface area contributed by atoms with Crippen LogP contribution in [0.15, 0.2) is 6.20 Å². The molecule has 1 fully saturated rings. The van der Waals surface area contributed by atoms with Gasteiger partial charge in [0.2, 0.25) is 0 Å². The molecule has 0 aromatic carbocycles. The van der Waals surface area contributed by atoms with Gasteiger partial charge in [0.1, 0.15) is 5.69 Å². The van der Waals surface area contributed by atoms with E-state index in [0.29, 0.717) is 31.1 Å². The molecule has 2 heterocycles. The number of carbonyl (C=O) groups is 1. The maximum Gasteiger partial charge on any atom is 0.272 e. The molecule has 100 valence electrons. The average molecular weight is 252 g/mol. The smallest absolute Gasteiger partial charge is 0.272 e. The molecule has 1 aliphatic rings. The van der Waals surface area contributed by atoms with Crippen molar-refractivity contribution in [1.29, 1.82) is 0 Å². The number of rotatable bonds is 3. The topological polar surface area (TPSA) is 82.2 Å². The Morgan fingerprint density at radius 3 is 2.89 bits per heavy atom. The molecular weight excluding hydrogens is 232 g/mol. The minimum Gasteiger partial charge on any atom is -0.396 e. The molecule has 1 aliphatic heterocycles. The minimum absolute atomic E-state index is 0.156. The van der Waals surface area contributed by atoms with E-state index in [-0.39, 0.29) is 11.4 Å². The van der Waals surface area contributed by atoms with Crippen molar-refractivity contribution in [3.63, 3.8) is 0 Å². The van der Waals surface area contributed by atoms with E-state index in [1.807, 2.05) is 13.8 Å². The predicted molar refractivity (Wildman–Crippen MR) is 68.2 cm³/mol. The van der Waals surface area contributed by atoms with E-state index < -0.39 is 0 Å². The molecule has 0 bridgehead atoms. The summed E-state index contributed by atoms with van der Waals surface area (Å²) in [6.45, 7) is 5.95. The molecule has 1 amide bonds. The van der Waals surface area contributed by atoms with E-state index in [4.69, 9.17) is 10.5 Å². The largest absolute Gasteiger partial charge is 0.396 e. The Morgan fingerprint density at radius 2 is 2.28 bits per heavy atom. The minimum atomic E-state index is -0.218. The maximum atomic E-state index is 12.3. The normalized spacial score (nSPS) is 18.6. The van der Waals surface area contributed by atoms with E-state index >= 15 is 0 Å². The van der Waals surface area contributed by atoms with Crippen molar-refractivity contribution in [2.45, 2.75) is 38.8 Å². The number of nitrogens with two attached hydrogens (primary N) is 1. The lowest BCUT2D eigenvalue weighted by Crippen LogP contribution is -2.50. The summed E-state index contributed by atoms with van der Waals surface area (Å²) >= 11 is 0. The number of nitrogens with one attached hydrogen (secondary N) is 1. The van der Waals surface area contributed by atoms with Crippen LogP contribution in [0.3, 0.4) is 0 Å². The molecule has 0 radical (unpaired) electrons. The number of aromatic nitrogens is 2. The van der Waals surface area contributed by atoms with Crippen LogP contribution in [0.25, 0.3) is 0 Å².